The van der Waals surface area contributed by atoms with Gasteiger partial charge in [0.1, 0.15) is 6.61 Å². The summed E-state index contributed by atoms with van der Waals surface area (Å²) in [5.74, 6) is 2.10. The molecule has 5 rings (SSSR count). The highest BCUT2D eigenvalue weighted by atomic mass is 32.2. The van der Waals surface area contributed by atoms with Crippen molar-refractivity contribution < 1.29 is 18.7 Å². The van der Waals surface area contributed by atoms with E-state index >= 15 is 0 Å². The van der Waals surface area contributed by atoms with E-state index in [4.69, 9.17) is 13.9 Å². The number of fused-ring (bicyclic) bond motifs is 1. The SMILES string of the molecule is Cc1cc(C(=O)CSc2nnc(-c3cccnc3)o2)c(C)n1C[C@H]1COc2ccccc2O1. The van der Waals surface area contributed by atoms with Crippen molar-refractivity contribution in [3.8, 4) is 23.0 Å². The summed E-state index contributed by atoms with van der Waals surface area (Å²) in [6.07, 6.45) is 3.20. The standard InChI is InChI=1S/C24H22N4O4S/c1-15-10-19(16(2)28(15)12-18-13-30-21-7-3-4-8-22(21)31-18)20(29)14-33-24-27-26-23(32-24)17-6-5-9-25-11-17/h3-11,18H,12-14H2,1-2H3/t18-/m0/s1. The molecule has 4 heterocycles. The normalized spacial score (nSPS) is 14.9. The van der Waals surface area contributed by atoms with Crippen LogP contribution in [0.15, 0.2) is 64.5 Å². The number of benzene rings is 1. The third-order valence-corrected chi connectivity index (χ3v) is 6.29. The van der Waals surface area contributed by atoms with Crippen LogP contribution >= 0.6 is 11.8 Å². The van der Waals surface area contributed by atoms with Crippen molar-refractivity contribution in [3.63, 3.8) is 0 Å². The smallest absolute Gasteiger partial charge is 0.277 e. The van der Waals surface area contributed by atoms with Crippen LogP contribution < -0.4 is 9.47 Å². The monoisotopic (exact) mass is 462 g/mol. The van der Waals surface area contributed by atoms with E-state index in [1.54, 1.807) is 18.5 Å². The van der Waals surface area contributed by atoms with Crippen molar-refractivity contribution in [2.75, 3.05) is 12.4 Å². The summed E-state index contributed by atoms with van der Waals surface area (Å²) in [6, 6.07) is 13.2. The van der Waals surface area contributed by atoms with E-state index < -0.39 is 0 Å². The highest BCUT2D eigenvalue weighted by molar-refractivity contribution is 7.99. The Hall–Kier alpha value is -3.59. The number of nitrogens with zero attached hydrogens (tertiary/aromatic N) is 4. The number of carbonyl (C=O) groups is 1. The van der Waals surface area contributed by atoms with Gasteiger partial charge >= 0.3 is 0 Å². The van der Waals surface area contributed by atoms with Gasteiger partial charge in [-0.3, -0.25) is 9.78 Å². The van der Waals surface area contributed by atoms with Crippen molar-refractivity contribution in [2.24, 2.45) is 0 Å². The first kappa shape index (κ1) is 21.3. The van der Waals surface area contributed by atoms with Gasteiger partial charge in [-0.15, -0.1) is 10.2 Å². The molecule has 1 aliphatic heterocycles. The van der Waals surface area contributed by atoms with Crippen LogP contribution in [0, 0.1) is 13.8 Å². The number of aromatic nitrogens is 4. The summed E-state index contributed by atoms with van der Waals surface area (Å²) in [4.78, 5) is 17.0. The van der Waals surface area contributed by atoms with Crippen LogP contribution in [0.25, 0.3) is 11.5 Å². The fourth-order valence-corrected chi connectivity index (χ4v) is 4.45. The molecule has 33 heavy (non-hydrogen) atoms. The second kappa shape index (κ2) is 9.11. The molecule has 8 nitrogen and oxygen atoms in total. The number of aryl methyl sites for hydroxylation is 1. The maximum Gasteiger partial charge on any atom is 0.277 e. The van der Waals surface area contributed by atoms with Gasteiger partial charge in [-0.25, -0.2) is 0 Å². The Morgan fingerprint density at radius 2 is 2.00 bits per heavy atom. The molecule has 1 atom stereocenters. The number of thioether (sulfide) groups is 1. The number of ether oxygens (including phenoxy) is 2. The lowest BCUT2D eigenvalue weighted by molar-refractivity contribution is 0.0777. The van der Waals surface area contributed by atoms with Crippen LogP contribution in [0.4, 0.5) is 0 Å². The van der Waals surface area contributed by atoms with Gasteiger partial charge in [-0.2, -0.15) is 0 Å². The molecule has 168 valence electrons. The number of pyridine rings is 1. The minimum absolute atomic E-state index is 0.00614. The van der Waals surface area contributed by atoms with E-state index in [-0.39, 0.29) is 17.6 Å². The van der Waals surface area contributed by atoms with Crippen molar-refractivity contribution in [2.45, 2.75) is 31.7 Å². The molecule has 1 aromatic carbocycles. The Balaban J connectivity index is 1.24. The molecule has 9 heteroatoms. The van der Waals surface area contributed by atoms with E-state index in [9.17, 15) is 4.79 Å². The van der Waals surface area contributed by atoms with E-state index in [1.165, 1.54) is 11.8 Å². The molecule has 3 aromatic heterocycles. The molecule has 0 amide bonds. The average Bonchev–Trinajstić information content (AvgIpc) is 3.43. The molecule has 0 unspecified atom stereocenters. The van der Waals surface area contributed by atoms with E-state index in [1.807, 2.05) is 50.2 Å². The number of Topliss-reactive ketones (excluding diaryl/α,β-unsaturated/α-hetero) is 1. The van der Waals surface area contributed by atoms with Gasteiger partial charge in [-0.05, 0) is 44.2 Å². The Morgan fingerprint density at radius 1 is 1.15 bits per heavy atom. The number of rotatable bonds is 7. The summed E-state index contributed by atoms with van der Waals surface area (Å²) in [5, 5.41) is 8.41. The molecule has 0 aliphatic carbocycles. The van der Waals surface area contributed by atoms with Crippen LogP contribution in [0.2, 0.25) is 0 Å². The zero-order valence-electron chi connectivity index (χ0n) is 18.2. The Labute approximate surface area is 195 Å². The van der Waals surface area contributed by atoms with Crippen molar-refractivity contribution >= 4 is 17.5 Å². The summed E-state index contributed by atoms with van der Waals surface area (Å²) < 4.78 is 19.7. The van der Waals surface area contributed by atoms with E-state index in [0.717, 1.165) is 28.5 Å². The second-order valence-corrected chi connectivity index (χ2v) is 8.65. The van der Waals surface area contributed by atoms with Gasteiger partial charge in [0.15, 0.2) is 23.4 Å². The van der Waals surface area contributed by atoms with E-state index in [0.29, 0.717) is 29.8 Å². The number of para-hydroxylation sites is 2. The second-order valence-electron chi connectivity index (χ2n) is 7.72. The van der Waals surface area contributed by atoms with Gasteiger partial charge in [0.2, 0.25) is 5.89 Å². The molecular weight excluding hydrogens is 440 g/mol. The summed E-state index contributed by atoms with van der Waals surface area (Å²) in [7, 11) is 0. The molecule has 0 radical (unpaired) electrons. The van der Waals surface area contributed by atoms with Crippen molar-refractivity contribution in [1.29, 1.82) is 0 Å². The number of carbonyl (C=O) groups excluding carboxylic acids is 1. The molecule has 0 saturated heterocycles. The Morgan fingerprint density at radius 3 is 2.82 bits per heavy atom. The lowest BCUT2D eigenvalue weighted by Gasteiger charge is -2.27. The van der Waals surface area contributed by atoms with Gasteiger partial charge in [-0.1, -0.05) is 23.9 Å². The third kappa shape index (κ3) is 4.49. The summed E-state index contributed by atoms with van der Waals surface area (Å²) >= 11 is 1.23. The summed E-state index contributed by atoms with van der Waals surface area (Å²) in [5.41, 5.74) is 3.33. The predicted molar refractivity (Wildman–Crippen MR) is 123 cm³/mol. The topological polar surface area (TPSA) is 92.3 Å². The lowest BCUT2D eigenvalue weighted by Crippen LogP contribution is -2.33. The molecular formula is C24H22N4O4S. The molecule has 0 N–H and O–H groups in total. The largest absolute Gasteiger partial charge is 0.486 e. The Bertz CT molecular complexity index is 1280. The maximum absolute atomic E-state index is 12.9. The highest BCUT2D eigenvalue weighted by Gasteiger charge is 2.24. The number of hydrogen-bond acceptors (Lipinski definition) is 8. The van der Waals surface area contributed by atoms with Crippen LogP contribution in [0.3, 0.4) is 0 Å². The average molecular weight is 463 g/mol. The lowest BCUT2D eigenvalue weighted by atomic mass is 10.2. The van der Waals surface area contributed by atoms with Crippen molar-refractivity contribution in [1.82, 2.24) is 19.7 Å². The fraction of sp³-hybridized carbons (Fsp3) is 0.250. The predicted octanol–water partition coefficient (Wildman–Crippen LogP) is 4.36. The van der Waals surface area contributed by atoms with Gasteiger partial charge in [0, 0.05) is 29.3 Å². The van der Waals surface area contributed by atoms with Gasteiger partial charge < -0.3 is 18.5 Å². The van der Waals surface area contributed by atoms with E-state index in [2.05, 4.69) is 19.7 Å². The number of hydrogen-bond donors (Lipinski definition) is 0. The highest BCUT2D eigenvalue weighted by Crippen LogP contribution is 2.32. The third-order valence-electron chi connectivity index (χ3n) is 5.47. The molecule has 0 spiro atoms. The van der Waals surface area contributed by atoms with Gasteiger partial charge in [0.05, 0.1) is 17.9 Å². The molecule has 1 aliphatic rings. The fourth-order valence-electron chi connectivity index (χ4n) is 3.80. The molecule has 0 fully saturated rings. The van der Waals surface area contributed by atoms with Crippen LogP contribution in [0.1, 0.15) is 21.7 Å². The number of ketones is 1. The van der Waals surface area contributed by atoms with Gasteiger partial charge in [0.25, 0.3) is 5.22 Å². The quantitative estimate of drug-likeness (QED) is 0.295. The molecule has 0 saturated carbocycles. The van der Waals surface area contributed by atoms with Crippen LogP contribution in [-0.2, 0) is 6.54 Å². The van der Waals surface area contributed by atoms with Crippen LogP contribution in [0.5, 0.6) is 11.5 Å². The first-order chi connectivity index (χ1) is 16.1. The minimum Gasteiger partial charge on any atom is -0.486 e. The summed E-state index contributed by atoms with van der Waals surface area (Å²) in [6.45, 7) is 5.01. The molecule has 4 aromatic rings. The minimum atomic E-state index is -0.133. The van der Waals surface area contributed by atoms with Crippen LogP contribution in [-0.4, -0.2) is 44.0 Å². The zero-order chi connectivity index (χ0) is 22.8. The maximum atomic E-state index is 12.9. The Kier molecular flexibility index (Phi) is 5.87. The first-order valence-corrected chi connectivity index (χ1v) is 11.5. The first-order valence-electron chi connectivity index (χ1n) is 10.5. The molecule has 0 bridgehead atoms. The van der Waals surface area contributed by atoms with Crippen molar-refractivity contribution in [3.05, 3.63) is 71.8 Å². The zero-order valence-corrected chi connectivity index (χ0v) is 19.0.